The first kappa shape index (κ1) is 21.8. The molecule has 1 aliphatic rings. The molecule has 2 aromatic rings. The number of nitrogens with one attached hydrogen (secondary N) is 1. The molecular weight excluding hydrogens is 406 g/mol. The summed E-state index contributed by atoms with van der Waals surface area (Å²) in [4.78, 5) is 37.9. The van der Waals surface area contributed by atoms with E-state index in [0.29, 0.717) is 22.2 Å². The van der Waals surface area contributed by atoms with E-state index in [1.807, 2.05) is 0 Å². The number of rotatable bonds is 7. The van der Waals surface area contributed by atoms with Crippen LogP contribution in [0, 0.1) is 5.92 Å². The Morgan fingerprint density at radius 2 is 2.17 bits per heavy atom. The highest BCUT2D eigenvalue weighted by Gasteiger charge is 2.29. The summed E-state index contributed by atoms with van der Waals surface area (Å²) in [6.07, 6.45) is 6.49. The lowest BCUT2D eigenvalue weighted by molar-refractivity contribution is -0.142. The number of hydrogen-bond acceptors (Lipinski definition) is 7. The number of carbonyl (C=O) groups excluding carboxylic acids is 3. The van der Waals surface area contributed by atoms with Gasteiger partial charge in [-0.05, 0) is 62.8 Å². The second-order valence-electron chi connectivity index (χ2n) is 7.51. The number of hydrogen-bond donors (Lipinski definition) is 1. The van der Waals surface area contributed by atoms with Crippen molar-refractivity contribution >= 4 is 40.3 Å². The fourth-order valence-corrected chi connectivity index (χ4v) is 4.63. The molecule has 7 nitrogen and oxygen atoms in total. The highest BCUT2D eigenvalue weighted by atomic mass is 32.1. The molecule has 8 heteroatoms. The second-order valence-corrected chi connectivity index (χ2v) is 8.62. The summed E-state index contributed by atoms with van der Waals surface area (Å²) in [6, 6.07) is 3.38. The molecule has 0 spiro atoms. The van der Waals surface area contributed by atoms with Gasteiger partial charge in [0.2, 0.25) is 0 Å². The Morgan fingerprint density at radius 3 is 2.87 bits per heavy atom. The molecular formula is C22H25NO6S. The Bertz CT molecular complexity index is 941. The van der Waals surface area contributed by atoms with Gasteiger partial charge in [-0.3, -0.25) is 4.79 Å². The Morgan fingerprint density at radius 1 is 1.37 bits per heavy atom. The number of fused-ring (bicyclic) bond motifs is 1. The SMILES string of the molecule is CC1CCc2c(sc(NC(=O)COC(=O)C=Cc3ccco3)c2C(=O)OC(C)C)C1. The van der Waals surface area contributed by atoms with Gasteiger partial charge >= 0.3 is 11.9 Å². The number of thiophene rings is 1. The minimum absolute atomic E-state index is 0.263. The number of amides is 1. The summed E-state index contributed by atoms with van der Waals surface area (Å²) >= 11 is 1.39. The molecule has 0 fully saturated rings. The topological polar surface area (TPSA) is 94.8 Å². The fraction of sp³-hybridized carbons (Fsp3) is 0.409. The molecule has 0 saturated carbocycles. The molecule has 1 aliphatic carbocycles. The maximum atomic E-state index is 12.7. The fourth-order valence-electron chi connectivity index (χ4n) is 3.21. The van der Waals surface area contributed by atoms with Crippen LogP contribution in [0.15, 0.2) is 28.9 Å². The Hall–Kier alpha value is -2.87. The zero-order chi connectivity index (χ0) is 21.7. The maximum Gasteiger partial charge on any atom is 0.341 e. The lowest BCUT2D eigenvalue weighted by Crippen LogP contribution is -2.22. The molecule has 2 heterocycles. The molecule has 1 unspecified atom stereocenters. The monoisotopic (exact) mass is 431 g/mol. The van der Waals surface area contributed by atoms with Crippen LogP contribution in [0.1, 0.15) is 53.8 Å². The Balaban J connectivity index is 1.66. The lowest BCUT2D eigenvalue weighted by atomic mass is 9.88. The smallest absolute Gasteiger partial charge is 0.341 e. The van der Waals surface area contributed by atoms with Gasteiger partial charge in [0.25, 0.3) is 5.91 Å². The maximum absolute atomic E-state index is 12.7. The van der Waals surface area contributed by atoms with Crippen LogP contribution in [0.4, 0.5) is 5.00 Å². The van der Waals surface area contributed by atoms with E-state index in [1.54, 1.807) is 26.0 Å². The number of esters is 2. The summed E-state index contributed by atoms with van der Waals surface area (Å²) in [5.74, 6) is -0.593. The molecule has 0 radical (unpaired) electrons. The largest absolute Gasteiger partial charge is 0.465 e. The molecule has 0 aromatic carbocycles. The first-order chi connectivity index (χ1) is 14.3. The summed E-state index contributed by atoms with van der Waals surface area (Å²) in [7, 11) is 0. The third kappa shape index (κ3) is 5.60. The number of furan rings is 1. The first-order valence-corrected chi connectivity index (χ1v) is 10.7. The standard InChI is InChI=1S/C22H25NO6S/c1-13(2)29-22(26)20-16-8-6-14(3)11-17(16)30-21(20)23-18(24)12-28-19(25)9-7-15-5-4-10-27-15/h4-5,7,9-10,13-14H,6,8,11-12H2,1-3H3,(H,23,24). The van der Waals surface area contributed by atoms with E-state index in [9.17, 15) is 14.4 Å². The van der Waals surface area contributed by atoms with Crippen LogP contribution in [-0.2, 0) is 31.9 Å². The molecule has 30 heavy (non-hydrogen) atoms. The summed E-state index contributed by atoms with van der Waals surface area (Å²) < 4.78 is 15.4. The van der Waals surface area contributed by atoms with Crippen LogP contribution in [-0.4, -0.2) is 30.6 Å². The molecule has 2 aromatic heterocycles. The Labute approximate surface area is 179 Å². The van der Waals surface area contributed by atoms with Crippen molar-refractivity contribution in [3.8, 4) is 0 Å². The zero-order valence-corrected chi connectivity index (χ0v) is 18.0. The summed E-state index contributed by atoms with van der Waals surface area (Å²) in [6.45, 7) is 5.28. The highest BCUT2D eigenvalue weighted by molar-refractivity contribution is 7.17. The van der Waals surface area contributed by atoms with Crippen molar-refractivity contribution in [2.24, 2.45) is 5.92 Å². The van der Waals surface area contributed by atoms with Crippen molar-refractivity contribution in [2.45, 2.75) is 46.1 Å². The highest BCUT2D eigenvalue weighted by Crippen LogP contribution is 2.40. The van der Waals surface area contributed by atoms with Gasteiger partial charge < -0.3 is 19.2 Å². The van der Waals surface area contributed by atoms with Gasteiger partial charge in [-0.25, -0.2) is 9.59 Å². The van der Waals surface area contributed by atoms with Crippen molar-refractivity contribution in [3.05, 3.63) is 46.2 Å². The number of carbonyl (C=O) groups is 3. The van der Waals surface area contributed by atoms with Crippen molar-refractivity contribution in [1.29, 1.82) is 0 Å². The summed E-state index contributed by atoms with van der Waals surface area (Å²) in [5, 5.41) is 3.17. The number of ether oxygens (including phenoxy) is 2. The van der Waals surface area contributed by atoms with Gasteiger partial charge in [-0.1, -0.05) is 6.92 Å². The molecule has 160 valence electrons. The van der Waals surface area contributed by atoms with Crippen LogP contribution in [0.25, 0.3) is 6.08 Å². The molecule has 0 saturated heterocycles. The van der Waals surface area contributed by atoms with Crippen LogP contribution >= 0.6 is 11.3 Å². The van der Waals surface area contributed by atoms with E-state index in [4.69, 9.17) is 13.9 Å². The minimum atomic E-state index is -0.666. The van der Waals surface area contributed by atoms with Crippen molar-refractivity contribution in [1.82, 2.24) is 0 Å². The molecule has 3 rings (SSSR count). The molecule has 0 aliphatic heterocycles. The van der Waals surface area contributed by atoms with E-state index < -0.39 is 24.5 Å². The van der Waals surface area contributed by atoms with Crippen molar-refractivity contribution in [3.63, 3.8) is 0 Å². The van der Waals surface area contributed by atoms with E-state index in [2.05, 4.69) is 12.2 Å². The van der Waals surface area contributed by atoms with Gasteiger partial charge in [0.05, 0.1) is 17.9 Å². The average molecular weight is 432 g/mol. The Kier molecular flexibility index (Phi) is 7.10. The molecule has 1 N–H and O–H groups in total. The van der Waals surface area contributed by atoms with Gasteiger partial charge in [-0.2, -0.15) is 0 Å². The van der Waals surface area contributed by atoms with E-state index in [1.165, 1.54) is 29.8 Å². The zero-order valence-electron chi connectivity index (χ0n) is 17.2. The second kappa shape index (κ2) is 9.75. The average Bonchev–Trinajstić information content (AvgIpc) is 3.31. The van der Waals surface area contributed by atoms with Crippen LogP contribution < -0.4 is 5.32 Å². The number of anilines is 1. The van der Waals surface area contributed by atoms with Crippen LogP contribution in [0.2, 0.25) is 0 Å². The molecule has 1 amide bonds. The predicted octanol–water partition coefficient (Wildman–Crippen LogP) is 4.23. The van der Waals surface area contributed by atoms with Gasteiger partial charge in [0.1, 0.15) is 10.8 Å². The van der Waals surface area contributed by atoms with Gasteiger partial charge in [-0.15, -0.1) is 11.3 Å². The van der Waals surface area contributed by atoms with E-state index in [-0.39, 0.29) is 6.10 Å². The van der Waals surface area contributed by atoms with Gasteiger partial charge in [0.15, 0.2) is 6.61 Å². The molecule has 1 atom stereocenters. The van der Waals surface area contributed by atoms with E-state index >= 15 is 0 Å². The summed E-state index contributed by atoms with van der Waals surface area (Å²) in [5.41, 5.74) is 1.38. The lowest BCUT2D eigenvalue weighted by Gasteiger charge is -2.18. The van der Waals surface area contributed by atoms with Crippen molar-refractivity contribution < 1.29 is 28.3 Å². The quantitative estimate of drug-likeness (QED) is 0.521. The first-order valence-electron chi connectivity index (χ1n) is 9.87. The molecule has 0 bridgehead atoms. The normalized spacial score (nSPS) is 15.8. The predicted molar refractivity (Wildman–Crippen MR) is 113 cm³/mol. The third-order valence-electron chi connectivity index (χ3n) is 4.58. The van der Waals surface area contributed by atoms with Crippen molar-refractivity contribution in [2.75, 3.05) is 11.9 Å². The van der Waals surface area contributed by atoms with Crippen LogP contribution in [0.3, 0.4) is 0 Å². The van der Waals surface area contributed by atoms with E-state index in [0.717, 1.165) is 29.7 Å². The van der Waals surface area contributed by atoms with Gasteiger partial charge in [0, 0.05) is 11.0 Å². The van der Waals surface area contributed by atoms with Crippen LogP contribution in [0.5, 0.6) is 0 Å². The third-order valence-corrected chi connectivity index (χ3v) is 5.75. The minimum Gasteiger partial charge on any atom is -0.465 e.